The molecule has 0 saturated heterocycles. The minimum atomic E-state index is -0.137. The standard InChI is InChI=1S/C23H20N4O/c1-15-21(18-8-12-20(25-4)13-9-18)16(2)27(22(15)23(28)26-5)14-17-6-10-19(24-3)11-7-17/h6-13H,14H2,1-2,5H3,(H,26,28). The maximum Gasteiger partial charge on any atom is 0.267 e. The summed E-state index contributed by atoms with van der Waals surface area (Å²) in [6.07, 6.45) is 0. The summed E-state index contributed by atoms with van der Waals surface area (Å²) in [7, 11) is 1.63. The van der Waals surface area contributed by atoms with E-state index in [-0.39, 0.29) is 5.91 Å². The Hall–Kier alpha value is -3.83. The van der Waals surface area contributed by atoms with Gasteiger partial charge in [0.15, 0.2) is 11.4 Å². The SMILES string of the molecule is [C-]#[N+]c1ccc(Cn2c(C)c(-c3ccc([N+]#[C-])cc3)c(C)c2C(=O)NC)cc1. The van der Waals surface area contributed by atoms with Gasteiger partial charge >= 0.3 is 0 Å². The third-order valence-corrected chi connectivity index (χ3v) is 4.90. The van der Waals surface area contributed by atoms with Crippen molar-refractivity contribution in [1.82, 2.24) is 9.88 Å². The van der Waals surface area contributed by atoms with Crippen LogP contribution < -0.4 is 5.32 Å². The number of amides is 1. The van der Waals surface area contributed by atoms with E-state index < -0.39 is 0 Å². The topological polar surface area (TPSA) is 42.8 Å². The maximum atomic E-state index is 12.6. The van der Waals surface area contributed by atoms with E-state index in [0.717, 1.165) is 27.9 Å². The van der Waals surface area contributed by atoms with Gasteiger partial charge in [-0.1, -0.05) is 48.5 Å². The summed E-state index contributed by atoms with van der Waals surface area (Å²) < 4.78 is 2.01. The van der Waals surface area contributed by atoms with E-state index in [1.165, 1.54) is 0 Å². The second kappa shape index (κ2) is 7.82. The Kier molecular flexibility index (Phi) is 5.29. The fourth-order valence-corrected chi connectivity index (χ4v) is 3.49. The molecule has 0 saturated carbocycles. The Morgan fingerprint density at radius 1 is 0.964 bits per heavy atom. The smallest absolute Gasteiger partial charge is 0.267 e. The van der Waals surface area contributed by atoms with E-state index in [2.05, 4.69) is 15.0 Å². The number of hydrogen-bond acceptors (Lipinski definition) is 1. The summed E-state index contributed by atoms with van der Waals surface area (Å²) in [4.78, 5) is 19.5. The molecule has 0 bridgehead atoms. The number of aromatic nitrogens is 1. The van der Waals surface area contributed by atoms with Crippen LogP contribution in [0.1, 0.15) is 27.3 Å². The van der Waals surface area contributed by atoms with Gasteiger partial charge in [0.1, 0.15) is 5.69 Å². The molecule has 1 heterocycles. The molecule has 3 rings (SSSR count). The highest BCUT2D eigenvalue weighted by molar-refractivity contribution is 5.97. The molecule has 138 valence electrons. The van der Waals surface area contributed by atoms with Gasteiger partial charge in [-0.3, -0.25) is 4.79 Å². The van der Waals surface area contributed by atoms with E-state index in [9.17, 15) is 4.79 Å². The number of nitrogens with one attached hydrogen (secondary N) is 1. The molecule has 0 unspecified atom stereocenters. The highest BCUT2D eigenvalue weighted by atomic mass is 16.1. The van der Waals surface area contributed by atoms with Gasteiger partial charge in [-0.15, -0.1) is 0 Å². The Bertz CT molecular complexity index is 1110. The largest absolute Gasteiger partial charge is 0.354 e. The fraction of sp³-hybridized carbons (Fsp3) is 0.174. The van der Waals surface area contributed by atoms with Crippen molar-refractivity contribution in [2.75, 3.05) is 7.05 Å². The van der Waals surface area contributed by atoms with Crippen LogP contribution in [0.25, 0.3) is 20.8 Å². The molecule has 0 spiro atoms. The Morgan fingerprint density at radius 3 is 2.00 bits per heavy atom. The van der Waals surface area contributed by atoms with Gasteiger partial charge in [0.05, 0.1) is 13.1 Å². The van der Waals surface area contributed by atoms with Crippen LogP contribution in [-0.2, 0) is 6.54 Å². The first-order chi connectivity index (χ1) is 13.5. The first kappa shape index (κ1) is 18.9. The molecule has 1 N–H and O–H groups in total. The third-order valence-electron chi connectivity index (χ3n) is 4.90. The van der Waals surface area contributed by atoms with Crippen LogP contribution in [-0.4, -0.2) is 17.5 Å². The predicted octanol–water partition coefficient (Wildman–Crippen LogP) is 5.28. The molecule has 3 aromatic rings. The second-order valence-corrected chi connectivity index (χ2v) is 6.54. The van der Waals surface area contributed by atoms with Gasteiger partial charge in [0.25, 0.3) is 5.91 Å². The van der Waals surface area contributed by atoms with Crippen molar-refractivity contribution in [2.45, 2.75) is 20.4 Å². The first-order valence-electron chi connectivity index (χ1n) is 8.86. The summed E-state index contributed by atoms with van der Waals surface area (Å²) in [5, 5.41) is 2.74. The fourth-order valence-electron chi connectivity index (χ4n) is 3.49. The Labute approximate surface area is 164 Å². The van der Waals surface area contributed by atoms with Gasteiger partial charge in [-0.05, 0) is 30.5 Å². The molecule has 5 heteroatoms. The van der Waals surface area contributed by atoms with E-state index in [1.807, 2.05) is 42.7 Å². The van der Waals surface area contributed by atoms with Crippen molar-refractivity contribution in [3.63, 3.8) is 0 Å². The number of carbonyl (C=O) groups is 1. The lowest BCUT2D eigenvalue weighted by molar-refractivity contribution is 0.0953. The molecule has 0 atom stereocenters. The number of carbonyl (C=O) groups excluding carboxylic acids is 1. The monoisotopic (exact) mass is 368 g/mol. The van der Waals surface area contributed by atoms with Gasteiger partial charge in [0, 0.05) is 24.8 Å². The van der Waals surface area contributed by atoms with E-state index >= 15 is 0 Å². The molecule has 0 aliphatic heterocycles. The minimum Gasteiger partial charge on any atom is -0.354 e. The van der Waals surface area contributed by atoms with E-state index in [4.69, 9.17) is 13.1 Å². The van der Waals surface area contributed by atoms with Gasteiger partial charge < -0.3 is 9.88 Å². The normalized spacial score (nSPS) is 10.2. The average molecular weight is 368 g/mol. The van der Waals surface area contributed by atoms with Gasteiger partial charge in [-0.25, -0.2) is 9.69 Å². The minimum absolute atomic E-state index is 0.137. The van der Waals surface area contributed by atoms with E-state index in [1.54, 1.807) is 31.3 Å². The van der Waals surface area contributed by atoms with Crippen LogP contribution in [0.15, 0.2) is 48.5 Å². The van der Waals surface area contributed by atoms with Gasteiger partial charge in [0.2, 0.25) is 0 Å². The molecule has 0 radical (unpaired) electrons. The van der Waals surface area contributed by atoms with Gasteiger partial charge in [-0.2, -0.15) is 0 Å². The lowest BCUT2D eigenvalue weighted by Gasteiger charge is -2.12. The van der Waals surface area contributed by atoms with Crippen molar-refractivity contribution in [2.24, 2.45) is 0 Å². The molecule has 28 heavy (non-hydrogen) atoms. The van der Waals surface area contributed by atoms with Crippen LogP contribution in [0.5, 0.6) is 0 Å². The van der Waals surface area contributed by atoms with Crippen molar-refractivity contribution in [3.8, 4) is 11.1 Å². The lowest BCUT2D eigenvalue weighted by Crippen LogP contribution is -2.23. The Balaban J connectivity index is 2.13. The first-order valence-corrected chi connectivity index (χ1v) is 8.86. The van der Waals surface area contributed by atoms with Crippen molar-refractivity contribution in [3.05, 3.63) is 93.9 Å². The molecular weight excluding hydrogens is 348 g/mol. The molecule has 2 aromatic carbocycles. The molecule has 0 fully saturated rings. The second-order valence-electron chi connectivity index (χ2n) is 6.54. The molecule has 0 aliphatic carbocycles. The quantitative estimate of drug-likeness (QED) is 0.626. The van der Waals surface area contributed by atoms with E-state index in [0.29, 0.717) is 23.6 Å². The Morgan fingerprint density at radius 2 is 1.50 bits per heavy atom. The third kappa shape index (κ3) is 3.39. The van der Waals surface area contributed by atoms with Crippen LogP contribution >= 0.6 is 0 Å². The van der Waals surface area contributed by atoms with Crippen molar-refractivity contribution >= 4 is 17.3 Å². The number of benzene rings is 2. The molecule has 5 nitrogen and oxygen atoms in total. The predicted molar refractivity (Wildman–Crippen MR) is 111 cm³/mol. The van der Waals surface area contributed by atoms with Crippen molar-refractivity contribution in [1.29, 1.82) is 0 Å². The van der Waals surface area contributed by atoms with Crippen LogP contribution in [0.4, 0.5) is 11.4 Å². The maximum absolute atomic E-state index is 12.6. The summed E-state index contributed by atoms with van der Waals surface area (Å²) in [6.45, 7) is 18.7. The molecule has 0 aliphatic rings. The number of hydrogen-bond donors (Lipinski definition) is 1. The summed E-state index contributed by atoms with van der Waals surface area (Å²) in [6, 6.07) is 14.8. The zero-order valence-corrected chi connectivity index (χ0v) is 16.1. The summed E-state index contributed by atoms with van der Waals surface area (Å²) in [5.41, 5.74) is 6.71. The zero-order valence-electron chi connectivity index (χ0n) is 16.1. The van der Waals surface area contributed by atoms with Crippen LogP contribution in [0.3, 0.4) is 0 Å². The lowest BCUT2D eigenvalue weighted by atomic mass is 10.0. The average Bonchev–Trinajstić information content (AvgIpc) is 2.97. The van der Waals surface area contributed by atoms with Crippen LogP contribution in [0.2, 0.25) is 0 Å². The summed E-state index contributed by atoms with van der Waals surface area (Å²) in [5.74, 6) is -0.137. The zero-order chi connectivity index (χ0) is 20.3. The van der Waals surface area contributed by atoms with Crippen molar-refractivity contribution < 1.29 is 4.79 Å². The molecule has 1 amide bonds. The van der Waals surface area contributed by atoms with Crippen LogP contribution in [0, 0.1) is 27.0 Å². The number of nitrogens with zero attached hydrogens (tertiary/aromatic N) is 3. The summed E-state index contributed by atoms with van der Waals surface area (Å²) >= 11 is 0. The molecule has 1 aromatic heterocycles. The molecular formula is C23H20N4O. The highest BCUT2D eigenvalue weighted by Gasteiger charge is 2.23. The highest BCUT2D eigenvalue weighted by Crippen LogP contribution is 2.34. The number of rotatable bonds is 4.